The molecule has 0 aromatic rings. The van der Waals surface area contributed by atoms with Gasteiger partial charge in [0.25, 0.3) is 0 Å². The predicted octanol–water partition coefficient (Wildman–Crippen LogP) is -0.702. The molecule has 2 amide bonds. The Labute approximate surface area is 70.9 Å². The molecule has 0 unspecified atom stereocenters. The summed E-state index contributed by atoms with van der Waals surface area (Å²) in [5.41, 5.74) is 4.84. The van der Waals surface area contributed by atoms with Crippen molar-refractivity contribution in [3.05, 3.63) is 0 Å². The standard InChI is InChI=1S/C6H12N2O2S/c7-5(9)1-2-6(10)8-3-4-11/h11H,1-4H2,(H2,7,9)(H,8,10). The molecule has 0 saturated heterocycles. The molecule has 11 heavy (non-hydrogen) atoms. The second-order valence-corrected chi connectivity index (χ2v) is 2.49. The molecule has 5 heteroatoms. The van der Waals surface area contributed by atoms with Gasteiger partial charge in [-0.1, -0.05) is 0 Å². The normalized spacial score (nSPS) is 9.18. The molecule has 0 fully saturated rings. The third-order valence-corrected chi connectivity index (χ3v) is 1.26. The van der Waals surface area contributed by atoms with Gasteiger partial charge in [-0.05, 0) is 0 Å². The summed E-state index contributed by atoms with van der Waals surface area (Å²) in [6.07, 6.45) is 0.279. The number of nitrogens with two attached hydrogens (primary N) is 1. The second kappa shape index (κ2) is 6.03. The first-order valence-corrected chi connectivity index (χ1v) is 3.96. The molecule has 0 bridgehead atoms. The lowest BCUT2D eigenvalue weighted by atomic mass is 10.3. The number of rotatable bonds is 5. The van der Waals surface area contributed by atoms with Crippen LogP contribution >= 0.6 is 12.6 Å². The lowest BCUT2D eigenvalue weighted by Gasteiger charge is -2.00. The fourth-order valence-corrected chi connectivity index (χ4v) is 0.632. The molecule has 64 valence electrons. The summed E-state index contributed by atoms with van der Waals surface area (Å²) in [5, 5.41) is 2.56. The Morgan fingerprint density at radius 3 is 2.45 bits per heavy atom. The molecule has 0 radical (unpaired) electrons. The van der Waals surface area contributed by atoms with Crippen molar-refractivity contribution in [2.24, 2.45) is 5.73 Å². The molecule has 0 aromatic carbocycles. The van der Waals surface area contributed by atoms with Gasteiger partial charge < -0.3 is 11.1 Å². The number of amides is 2. The second-order valence-electron chi connectivity index (χ2n) is 2.04. The highest BCUT2D eigenvalue weighted by Gasteiger charge is 2.01. The van der Waals surface area contributed by atoms with E-state index < -0.39 is 5.91 Å². The van der Waals surface area contributed by atoms with Crippen LogP contribution in [0.4, 0.5) is 0 Å². The molecule has 0 saturated carbocycles. The number of carbonyl (C=O) groups is 2. The Hall–Kier alpha value is -0.710. The van der Waals surface area contributed by atoms with Gasteiger partial charge >= 0.3 is 0 Å². The highest BCUT2D eigenvalue weighted by molar-refractivity contribution is 7.80. The fraction of sp³-hybridized carbons (Fsp3) is 0.667. The van der Waals surface area contributed by atoms with Crippen LogP contribution < -0.4 is 11.1 Å². The van der Waals surface area contributed by atoms with Gasteiger partial charge in [-0.2, -0.15) is 12.6 Å². The zero-order valence-corrected chi connectivity index (χ0v) is 7.06. The highest BCUT2D eigenvalue weighted by Crippen LogP contribution is 1.86. The minimum Gasteiger partial charge on any atom is -0.370 e. The van der Waals surface area contributed by atoms with E-state index in [9.17, 15) is 9.59 Å². The monoisotopic (exact) mass is 176 g/mol. The van der Waals surface area contributed by atoms with Crippen molar-refractivity contribution in [1.82, 2.24) is 5.32 Å². The van der Waals surface area contributed by atoms with Crippen LogP contribution in [-0.2, 0) is 9.59 Å². The molecule has 4 nitrogen and oxygen atoms in total. The maximum Gasteiger partial charge on any atom is 0.220 e. The summed E-state index contributed by atoms with van der Waals surface area (Å²) in [7, 11) is 0. The molecule has 0 rings (SSSR count). The topological polar surface area (TPSA) is 72.2 Å². The number of thiol groups is 1. The number of hydrogen-bond acceptors (Lipinski definition) is 3. The summed E-state index contributed by atoms with van der Waals surface area (Å²) in [6, 6.07) is 0. The molecular formula is C6H12N2O2S. The molecule has 0 heterocycles. The average Bonchev–Trinajstić information content (AvgIpc) is 1.97. The van der Waals surface area contributed by atoms with Crippen molar-refractivity contribution in [2.75, 3.05) is 12.3 Å². The van der Waals surface area contributed by atoms with E-state index in [1.165, 1.54) is 0 Å². The highest BCUT2D eigenvalue weighted by atomic mass is 32.1. The van der Waals surface area contributed by atoms with Gasteiger partial charge in [0.15, 0.2) is 0 Å². The van der Waals surface area contributed by atoms with Crippen LogP contribution in [0.25, 0.3) is 0 Å². The van der Waals surface area contributed by atoms with Gasteiger partial charge in [-0.25, -0.2) is 0 Å². The molecule has 0 atom stereocenters. The maximum atomic E-state index is 10.8. The number of hydrogen-bond donors (Lipinski definition) is 3. The van der Waals surface area contributed by atoms with Crippen LogP contribution in [0.3, 0.4) is 0 Å². The van der Waals surface area contributed by atoms with Gasteiger partial charge in [0.2, 0.25) is 11.8 Å². The van der Waals surface area contributed by atoms with E-state index >= 15 is 0 Å². The quantitative estimate of drug-likeness (QED) is 0.485. The smallest absolute Gasteiger partial charge is 0.220 e. The molecule has 3 N–H and O–H groups in total. The van der Waals surface area contributed by atoms with E-state index in [4.69, 9.17) is 5.73 Å². The molecule has 0 aliphatic carbocycles. The van der Waals surface area contributed by atoms with Gasteiger partial charge in [0.1, 0.15) is 0 Å². The van der Waals surface area contributed by atoms with Crippen LogP contribution in [0.1, 0.15) is 12.8 Å². The fourth-order valence-electron chi connectivity index (χ4n) is 0.520. The van der Waals surface area contributed by atoms with E-state index in [1.807, 2.05) is 0 Å². The third-order valence-electron chi connectivity index (χ3n) is 1.03. The van der Waals surface area contributed by atoms with E-state index in [2.05, 4.69) is 17.9 Å². The van der Waals surface area contributed by atoms with E-state index in [1.54, 1.807) is 0 Å². The van der Waals surface area contributed by atoms with E-state index in [-0.39, 0.29) is 18.7 Å². The molecule has 0 aromatic heterocycles. The minimum absolute atomic E-state index is 0.110. The molecule has 0 spiro atoms. The summed E-state index contributed by atoms with van der Waals surface area (Å²) < 4.78 is 0. The van der Waals surface area contributed by atoms with Crippen LogP contribution in [-0.4, -0.2) is 24.1 Å². The summed E-state index contributed by atoms with van der Waals surface area (Å²) >= 11 is 3.90. The van der Waals surface area contributed by atoms with Crippen molar-refractivity contribution < 1.29 is 9.59 Å². The van der Waals surface area contributed by atoms with Crippen molar-refractivity contribution in [1.29, 1.82) is 0 Å². The Morgan fingerprint density at radius 2 is 2.00 bits per heavy atom. The number of primary amides is 1. The first kappa shape index (κ1) is 10.3. The van der Waals surface area contributed by atoms with Gasteiger partial charge in [0, 0.05) is 25.1 Å². The van der Waals surface area contributed by atoms with Gasteiger partial charge in [-0.15, -0.1) is 0 Å². The largest absolute Gasteiger partial charge is 0.370 e. The molecule has 0 aliphatic heterocycles. The lowest BCUT2D eigenvalue weighted by Crippen LogP contribution is -2.26. The van der Waals surface area contributed by atoms with Crippen LogP contribution in [0.2, 0.25) is 0 Å². The van der Waals surface area contributed by atoms with Crippen molar-refractivity contribution in [3.8, 4) is 0 Å². The first-order valence-electron chi connectivity index (χ1n) is 3.32. The SMILES string of the molecule is NC(=O)CCC(=O)NCCS. The van der Waals surface area contributed by atoms with Crippen molar-refractivity contribution in [2.45, 2.75) is 12.8 Å². The zero-order chi connectivity index (χ0) is 8.69. The van der Waals surface area contributed by atoms with Crippen molar-refractivity contribution in [3.63, 3.8) is 0 Å². The summed E-state index contributed by atoms with van der Waals surface area (Å²) in [4.78, 5) is 21.0. The van der Waals surface area contributed by atoms with Crippen LogP contribution in [0.15, 0.2) is 0 Å². The molecule has 0 aliphatic rings. The maximum absolute atomic E-state index is 10.8. The third kappa shape index (κ3) is 7.18. The van der Waals surface area contributed by atoms with Crippen molar-refractivity contribution >= 4 is 24.4 Å². The van der Waals surface area contributed by atoms with Crippen LogP contribution in [0, 0.1) is 0 Å². The predicted molar refractivity (Wildman–Crippen MR) is 45.3 cm³/mol. The van der Waals surface area contributed by atoms with Crippen LogP contribution in [0.5, 0.6) is 0 Å². The number of nitrogens with one attached hydrogen (secondary N) is 1. The first-order chi connectivity index (χ1) is 5.16. The average molecular weight is 176 g/mol. The van der Waals surface area contributed by atoms with E-state index in [0.29, 0.717) is 12.3 Å². The van der Waals surface area contributed by atoms with Gasteiger partial charge in [0.05, 0.1) is 0 Å². The molecular weight excluding hydrogens is 164 g/mol. The summed E-state index contributed by atoms with van der Waals surface area (Å²) in [6.45, 7) is 0.528. The Kier molecular flexibility index (Phi) is 5.64. The van der Waals surface area contributed by atoms with Gasteiger partial charge in [-0.3, -0.25) is 9.59 Å². The minimum atomic E-state index is -0.453. The zero-order valence-electron chi connectivity index (χ0n) is 6.17. The Morgan fingerprint density at radius 1 is 1.36 bits per heavy atom. The Bertz CT molecular complexity index is 150. The van der Waals surface area contributed by atoms with E-state index in [0.717, 1.165) is 0 Å². The number of carbonyl (C=O) groups excluding carboxylic acids is 2. The summed E-state index contributed by atoms with van der Waals surface area (Å²) in [5.74, 6) is -0.00801. The lowest BCUT2D eigenvalue weighted by molar-refractivity contribution is -0.124. The Balaban J connectivity index is 3.30.